The molecule has 0 N–H and O–H groups in total. The van der Waals surface area contributed by atoms with Crippen molar-refractivity contribution < 1.29 is 67.2 Å². The fourth-order valence-corrected chi connectivity index (χ4v) is 0. The number of rotatable bonds is 0. The second-order valence-electron chi connectivity index (χ2n) is 0. The minimum Gasteiger partial charge on any atom is 0 e. The first-order chi connectivity index (χ1) is 1.00. The molecule has 0 aromatic carbocycles. The van der Waals surface area contributed by atoms with Crippen LogP contribution in [0.5, 0.6) is 0 Å². The molecule has 0 atom stereocenters. The predicted molar refractivity (Wildman–Crippen MR) is 9.87 cm³/mol. The van der Waals surface area contributed by atoms with Gasteiger partial charge < -0.3 is 27.4 Å². The Morgan fingerprint density at radius 3 is 0.556 bits per heavy atom. The molecule has 0 aromatic rings. The van der Waals surface area contributed by atoms with Gasteiger partial charge in [-0.3, -0.25) is 0 Å². The van der Waals surface area contributed by atoms with Gasteiger partial charge in [-0.2, -0.15) is 0 Å². The van der Waals surface area contributed by atoms with E-state index in [-0.39, 0.29) is 90.3 Å². The van der Waals surface area contributed by atoms with Gasteiger partial charge in [0.1, 0.15) is 0 Å². The number of hydrogen-bond donors (Lipinski definition) is 0. The van der Waals surface area contributed by atoms with Crippen molar-refractivity contribution in [1.29, 1.82) is 0 Å². The summed E-state index contributed by atoms with van der Waals surface area (Å²) in [6.07, 6.45) is 0. The molecule has 9 heteroatoms. The summed E-state index contributed by atoms with van der Waals surface area (Å²) in [5.41, 5.74) is 0. The van der Waals surface area contributed by atoms with Gasteiger partial charge in [0.05, 0.1) is 0 Å². The third-order valence-corrected chi connectivity index (χ3v) is 0. The maximum atomic E-state index is 8.39. The zero-order valence-electron chi connectivity index (χ0n) is 3.84. The van der Waals surface area contributed by atoms with Gasteiger partial charge in [-0.25, -0.2) is 0 Å². The van der Waals surface area contributed by atoms with E-state index >= 15 is 0 Å². The molecule has 0 bridgehead atoms. The van der Waals surface area contributed by atoms with Crippen LogP contribution in [-0.4, -0.2) is 25.8 Å². The van der Waals surface area contributed by atoms with Crippen molar-refractivity contribution in [3.05, 3.63) is 0 Å². The van der Waals surface area contributed by atoms with Crippen LogP contribution >= 0.6 is 0 Å². The third kappa shape index (κ3) is 200. The Morgan fingerprint density at radius 2 is 0.556 bits per heavy atom. The van der Waals surface area contributed by atoms with Crippen molar-refractivity contribution in [3.63, 3.8) is 0 Å². The van der Waals surface area contributed by atoms with Crippen LogP contribution < -0.4 is 0 Å². The standard InChI is InChI=1S/6O.Pb.2V/q;5*-2;;;. The summed E-state index contributed by atoms with van der Waals surface area (Å²) in [4.78, 5) is 0. The van der Waals surface area contributed by atoms with E-state index in [0.29, 0.717) is 0 Å². The summed E-state index contributed by atoms with van der Waals surface area (Å²) < 4.78 is 8.39. The van der Waals surface area contributed by atoms with Crippen LogP contribution in [0.15, 0.2) is 0 Å². The molecular weight excluding hydrogens is 405 g/mol. The average Bonchev–Trinajstić information content (AvgIpc) is 1.00. The summed E-state index contributed by atoms with van der Waals surface area (Å²) in [5, 5.41) is 0. The van der Waals surface area contributed by atoms with Gasteiger partial charge in [-0.15, -0.1) is 0 Å². The average molecular weight is 405 g/mol. The van der Waals surface area contributed by atoms with E-state index in [0.717, 1.165) is 0 Å². The third-order valence-electron chi connectivity index (χ3n) is 0. The molecule has 0 unspecified atom stereocenters. The first-order valence-corrected chi connectivity index (χ1v) is 1.79. The molecule has 9 heavy (non-hydrogen) atoms. The van der Waals surface area contributed by atoms with Gasteiger partial charge in [0.15, 0.2) is 0 Å². The smallest absolute Gasteiger partial charge is 0 e. The topological polar surface area (TPSA) is 160 Å². The minimum absolute atomic E-state index is 0. The SMILES string of the molecule is [O-2].[O-2].[O-2].[O-2].[O-2].[O]=[Pb].[V].[V]. The Labute approximate surface area is 92.2 Å². The van der Waals surface area contributed by atoms with Crippen LogP contribution in [0.4, 0.5) is 0 Å². The van der Waals surface area contributed by atoms with Crippen molar-refractivity contribution in [2.45, 2.75) is 0 Å². The van der Waals surface area contributed by atoms with Gasteiger partial charge in [0, 0.05) is 37.1 Å². The maximum Gasteiger partial charge on any atom is 0 e. The summed E-state index contributed by atoms with van der Waals surface area (Å²) in [5.74, 6) is 0. The summed E-state index contributed by atoms with van der Waals surface area (Å²) >= 11 is 0.0556. The van der Waals surface area contributed by atoms with Crippen molar-refractivity contribution in [2.75, 3.05) is 0 Å². The van der Waals surface area contributed by atoms with E-state index < -0.39 is 0 Å². The van der Waals surface area contributed by atoms with E-state index in [1.165, 1.54) is 0 Å². The second-order valence-corrected chi connectivity index (χ2v) is 0. The van der Waals surface area contributed by atoms with Gasteiger partial charge >= 0.3 is 28.5 Å². The second kappa shape index (κ2) is 256. The summed E-state index contributed by atoms with van der Waals surface area (Å²) in [7, 11) is 0. The first kappa shape index (κ1) is 139. The van der Waals surface area contributed by atoms with Crippen molar-refractivity contribution in [2.24, 2.45) is 0 Å². The number of hydrogen-bond acceptors (Lipinski definition) is 1. The van der Waals surface area contributed by atoms with Gasteiger partial charge in [-0.05, 0) is 0 Å². The quantitative estimate of drug-likeness (QED) is 0.461. The predicted octanol–water partition coefficient (Wildman–Crippen LogP) is -1.10. The zero-order valence-corrected chi connectivity index (χ0v) is 10.5. The fourth-order valence-electron chi connectivity index (χ4n) is 0. The molecule has 0 heterocycles. The molecule has 0 rings (SSSR count). The summed E-state index contributed by atoms with van der Waals surface area (Å²) in [6.45, 7) is 0. The largest absolute Gasteiger partial charge is 0 e. The van der Waals surface area contributed by atoms with Crippen molar-refractivity contribution in [1.82, 2.24) is 0 Å². The van der Waals surface area contributed by atoms with E-state index in [2.05, 4.69) is 0 Å². The molecule has 0 aliphatic heterocycles. The van der Waals surface area contributed by atoms with Crippen LogP contribution in [0.1, 0.15) is 0 Å². The Morgan fingerprint density at radius 1 is 0.556 bits per heavy atom. The molecule has 4 radical (unpaired) electrons. The fraction of sp³-hybridized carbons (Fsp3) is 0. The zero-order chi connectivity index (χ0) is 2.00. The van der Waals surface area contributed by atoms with E-state index in [4.69, 9.17) is 2.69 Å². The van der Waals surface area contributed by atoms with Crippen LogP contribution in [0, 0.1) is 0 Å². The molecule has 0 saturated carbocycles. The molecule has 0 saturated heterocycles. The molecule has 6 nitrogen and oxygen atoms in total. The maximum absolute atomic E-state index is 8.39. The van der Waals surface area contributed by atoms with Crippen LogP contribution in [0.2, 0.25) is 0 Å². The van der Waals surface area contributed by atoms with Gasteiger partial charge in [0.2, 0.25) is 0 Å². The van der Waals surface area contributed by atoms with Gasteiger partial charge in [0.25, 0.3) is 0 Å². The van der Waals surface area contributed by atoms with Crippen LogP contribution in [0.3, 0.4) is 0 Å². The molecule has 0 amide bonds. The van der Waals surface area contributed by atoms with Crippen molar-refractivity contribution in [3.8, 4) is 0 Å². The summed E-state index contributed by atoms with van der Waals surface area (Å²) in [6, 6.07) is 0. The molecule has 0 aliphatic carbocycles. The van der Waals surface area contributed by atoms with Crippen LogP contribution in [-0.2, 0) is 67.2 Å². The molecular formula is O6PbV2-10. The van der Waals surface area contributed by atoms with E-state index in [9.17, 15) is 0 Å². The monoisotopic (exact) mass is 406 g/mol. The molecule has 0 fully saturated rings. The molecule has 60 valence electrons. The van der Waals surface area contributed by atoms with Crippen molar-refractivity contribution >= 4 is 25.8 Å². The Hall–Kier alpha value is 1.69. The van der Waals surface area contributed by atoms with E-state index in [1.54, 1.807) is 0 Å². The Balaban J connectivity index is -0.000000000238. The minimum atomic E-state index is 0. The molecule has 0 spiro atoms. The molecule has 0 aromatic heterocycles. The van der Waals surface area contributed by atoms with Gasteiger partial charge in [-0.1, -0.05) is 0 Å². The van der Waals surface area contributed by atoms with E-state index in [1.807, 2.05) is 0 Å². The normalized spacial score (nSPS) is 0.444. The first-order valence-electron chi connectivity index (χ1n) is 0.204. The Bertz CT molecular complexity index is 11.0. The van der Waals surface area contributed by atoms with Crippen LogP contribution in [0.25, 0.3) is 0 Å². The molecule has 0 aliphatic rings. The Kier molecular flexibility index (Phi) is 3940.